The second-order valence-electron chi connectivity index (χ2n) is 7.73. The van der Waals surface area contributed by atoms with E-state index in [1.54, 1.807) is 12.1 Å². The molecule has 1 heterocycles. The Morgan fingerprint density at radius 2 is 1.60 bits per heavy atom. The molecule has 0 saturated heterocycles. The van der Waals surface area contributed by atoms with Gasteiger partial charge in [-0.3, -0.25) is 0 Å². The average molecular weight is 406 g/mol. The first kappa shape index (κ1) is 21.8. The molecule has 5 nitrogen and oxygen atoms in total. The first-order valence-corrected chi connectivity index (χ1v) is 10.8. The quantitative estimate of drug-likeness (QED) is 0.403. The Morgan fingerprint density at radius 1 is 0.833 bits per heavy atom. The van der Waals surface area contributed by atoms with Gasteiger partial charge in [0.25, 0.3) is 0 Å². The first-order valence-electron chi connectivity index (χ1n) is 10.8. The largest absolute Gasteiger partial charge is 0.507 e. The maximum absolute atomic E-state index is 10.5. The van der Waals surface area contributed by atoms with Crippen molar-refractivity contribution in [2.45, 2.75) is 59.3 Å². The summed E-state index contributed by atoms with van der Waals surface area (Å²) in [5, 5.41) is 10.5. The molecule has 158 valence electrons. The summed E-state index contributed by atoms with van der Waals surface area (Å²) in [6.45, 7) is 7.02. The highest BCUT2D eigenvalue weighted by Crippen LogP contribution is 2.31. The molecule has 3 rings (SSSR count). The lowest BCUT2D eigenvalue weighted by Gasteiger charge is -2.10. The lowest BCUT2D eigenvalue weighted by atomic mass is 10.1. The van der Waals surface area contributed by atoms with Crippen molar-refractivity contribution in [3.05, 3.63) is 53.9 Å². The third kappa shape index (κ3) is 5.78. The summed E-state index contributed by atoms with van der Waals surface area (Å²) in [5.74, 6) is 1.80. The lowest BCUT2D eigenvalue weighted by Crippen LogP contribution is -1.98. The fourth-order valence-electron chi connectivity index (χ4n) is 3.31. The molecule has 0 aliphatic carbocycles. The second-order valence-corrected chi connectivity index (χ2v) is 7.73. The number of hydrogen-bond acceptors (Lipinski definition) is 5. The number of aromatic hydroxyl groups is 1. The van der Waals surface area contributed by atoms with Gasteiger partial charge in [0.05, 0.1) is 12.2 Å². The summed E-state index contributed by atoms with van der Waals surface area (Å²) < 4.78 is 5.79. The zero-order valence-corrected chi connectivity index (χ0v) is 18.2. The molecule has 0 unspecified atom stereocenters. The maximum atomic E-state index is 10.5. The van der Waals surface area contributed by atoms with Crippen molar-refractivity contribution < 1.29 is 9.84 Å². The summed E-state index contributed by atoms with van der Waals surface area (Å²) >= 11 is 0. The van der Waals surface area contributed by atoms with Crippen LogP contribution in [0.25, 0.3) is 22.8 Å². The molecule has 3 aromatic rings. The number of nitrogens with zero attached hydrogens (tertiary/aromatic N) is 3. The van der Waals surface area contributed by atoms with Crippen LogP contribution in [-0.4, -0.2) is 26.7 Å². The minimum Gasteiger partial charge on any atom is -0.507 e. The second kappa shape index (κ2) is 10.7. The number of aryl methyl sites for hydroxylation is 2. The zero-order chi connectivity index (χ0) is 21.3. The Balaban J connectivity index is 1.66. The SMILES string of the molecule is CCCCCCCCOc1ccc(-c2ncnc(-c3ccc(C)c(C)c3)n2)c(O)c1. The fraction of sp³-hybridized carbons (Fsp3) is 0.400. The van der Waals surface area contributed by atoms with Gasteiger partial charge in [-0.05, 0) is 49.6 Å². The fourth-order valence-corrected chi connectivity index (χ4v) is 3.31. The topological polar surface area (TPSA) is 68.1 Å². The molecule has 0 bridgehead atoms. The van der Waals surface area contributed by atoms with E-state index in [9.17, 15) is 5.11 Å². The van der Waals surface area contributed by atoms with Gasteiger partial charge in [0.15, 0.2) is 11.6 Å². The van der Waals surface area contributed by atoms with Gasteiger partial charge in [-0.2, -0.15) is 0 Å². The van der Waals surface area contributed by atoms with Crippen LogP contribution in [0.15, 0.2) is 42.7 Å². The number of unbranched alkanes of at least 4 members (excludes halogenated alkanes) is 5. The summed E-state index contributed by atoms with van der Waals surface area (Å²) in [6.07, 6.45) is 8.80. The van der Waals surface area contributed by atoms with Crippen LogP contribution in [0.3, 0.4) is 0 Å². The standard InChI is InChI=1S/C25H31N3O2/c1-4-5-6-7-8-9-14-30-21-12-13-22(23(29)16-21)25-27-17-26-24(28-25)20-11-10-18(2)19(3)15-20/h10-13,15-17,29H,4-9,14H2,1-3H3. The Kier molecular flexibility index (Phi) is 7.77. The van der Waals surface area contributed by atoms with Crippen molar-refractivity contribution in [2.75, 3.05) is 6.61 Å². The Hall–Kier alpha value is -2.95. The molecule has 0 atom stereocenters. The van der Waals surface area contributed by atoms with Gasteiger partial charge >= 0.3 is 0 Å². The predicted octanol–water partition coefficient (Wildman–Crippen LogP) is 6.27. The van der Waals surface area contributed by atoms with Crippen molar-refractivity contribution in [3.8, 4) is 34.3 Å². The van der Waals surface area contributed by atoms with Gasteiger partial charge in [0.2, 0.25) is 0 Å². The Morgan fingerprint density at radius 3 is 2.37 bits per heavy atom. The minimum absolute atomic E-state index is 0.104. The van der Waals surface area contributed by atoms with Gasteiger partial charge < -0.3 is 9.84 Å². The van der Waals surface area contributed by atoms with Crippen LogP contribution in [0.4, 0.5) is 0 Å². The summed E-state index contributed by atoms with van der Waals surface area (Å²) in [7, 11) is 0. The van der Waals surface area contributed by atoms with Gasteiger partial charge in [-0.1, -0.05) is 51.2 Å². The van der Waals surface area contributed by atoms with E-state index in [0.29, 0.717) is 29.6 Å². The van der Waals surface area contributed by atoms with Gasteiger partial charge in [-0.25, -0.2) is 15.0 Å². The van der Waals surface area contributed by atoms with E-state index in [2.05, 4.69) is 47.9 Å². The van der Waals surface area contributed by atoms with E-state index in [1.165, 1.54) is 49.6 Å². The van der Waals surface area contributed by atoms with Crippen molar-refractivity contribution in [3.63, 3.8) is 0 Å². The van der Waals surface area contributed by atoms with Gasteiger partial charge in [0.1, 0.15) is 17.8 Å². The number of aromatic nitrogens is 3. The lowest BCUT2D eigenvalue weighted by molar-refractivity contribution is 0.303. The van der Waals surface area contributed by atoms with E-state index in [4.69, 9.17) is 4.74 Å². The van der Waals surface area contributed by atoms with Gasteiger partial charge in [-0.15, -0.1) is 0 Å². The first-order chi connectivity index (χ1) is 14.6. The van der Waals surface area contributed by atoms with Crippen molar-refractivity contribution in [1.82, 2.24) is 15.0 Å². The number of rotatable bonds is 10. The minimum atomic E-state index is 0.104. The third-order valence-electron chi connectivity index (χ3n) is 5.31. The Bertz CT molecular complexity index is 972. The molecule has 0 radical (unpaired) electrons. The molecule has 0 saturated carbocycles. The molecular formula is C25H31N3O2. The van der Waals surface area contributed by atoms with E-state index in [-0.39, 0.29) is 5.75 Å². The normalized spacial score (nSPS) is 10.9. The molecule has 0 aliphatic rings. The zero-order valence-electron chi connectivity index (χ0n) is 18.2. The molecule has 30 heavy (non-hydrogen) atoms. The Labute approximate surface area is 179 Å². The van der Waals surface area contributed by atoms with Crippen LogP contribution >= 0.6 is 0 Å². The van der Waals surface area contributed by atoms with Crippen molar-refractivity contribution >= 4 is 0 Å². The molecule has 0 spiro atoms. The number of ether oxygens (including phenoxy) is 1. The van der Waals surface area contributed by atoms with Crippen molar-refractivity contribution in [1.29, 1.82) is 0 Å². The average Bonchev–Trinajstić information content (AvgIpc) is 2.75. The molecular weight excluding hydrogens is 374 g/mol. The maximum Gasteiger partial charge on any atom is 0.167 e. The third-order valence-corrected chi connectivity index (χ3v) is 5.31. The summed E-state index contributed by atoms with van der Waals surface area (Å²) in [5.41, 5.74) is 3.90. The highest BCUT2D eigenvalue weighted by Gasteiger charge is 2.12. The van der Waals surface area contributed by atoms with Crippen LogP contribution in [0, 0.1) is 13.8 Å². The molecule has 0 amide bonds. The number of phenolic OH excluding ortho intramolecular Hbond substituents is 1. The summed E-state index contributed by atoms with van der Waals surface area (Å²) in [6, 6.07) is 11.4. The molecule has 1 N–H and O–H groups in total. The van der Waals surface area contributed by atoms with Crippen LogP contribution in [0.2, 0.25) is 0 Å². The van der Waals surface area contributed by atoms with E-state index < -0.39 is 0 Å². The highest BCUT2D eigenvalue weighted by atomic mass is 16.5. The molecule has 0 fully saturated rings. The predicted molar refractivity (Wildman–Crippen MR) is 121 cm³/mol. The van der Waals surface area contributed by atoms with Crippen LogP contribution in [0.1, 0.15) is 56.6 Å². The number of hydrogen-bond donors (Lipinski definition) is 1. The summed E-state index contributed by atoms with van der Waals surface area (Å²) in [4.78, 5) is 13.1. The van der Waals surface area contributed by atoms with E-state index in [0.717, 1.165) is 12.0 Å². The number of benzene rings is 2. The monoisotopic (exact) mass is 405 g/mol. The molecule has 1 aromatic heterocycles. The highest BCUT2D eigenvalue weighted by molar-refractivity contribution is 5.67. The van der Waals surface area contributed by atoms with Gasteiger partial charge in [0, 0.05) is 11.6 Å². The van der Waals surface area contributed by atoms with Crippen LogP contribution < -0.4 is 4.74 Å². The van der Waals surface area contributed by atoms with Crippen molar-refractivity contribution in [2.24, 2.45) is 0 Å². The molecule has 5 heteroatoms. The van der Waals surface area contributed by atoms with E-state index in [1.807, 2.05) is 12.1 Å². The van der Waals surface area contributed by atoms with E-state index >= 15 is 0 Å². The smallest absolute Gasteiger partial charge is 0.167 e. The number of phenols is 1. The van der Waals surface area contributed by atoms with Crippen LogP contribution in [0.5, 0.6) is 11.5 Å². The molecule has 0 aliphatic heterocycles. The molecule has 2 aromatic carbocycles. The van der Waals surface area contributed by atoms with Crippen LogP contribution in [-0.2, 0) is 0 Å².